The second kappa shape index (κ2) is 3.77. The fourth-order valence-corrected chi connectivity index (χ4v) is 2.21. The second-order valence-electron chi connectivity index (χ2n) is 4.38. The summed E-state index contributed by atoms with van der Waals surface area (Å²) >= 11 is 0. The van der Waals surface area contributed by atoms with E-state index in [0.29, 0.717) is 17.9 Å². The van der Waals surface area contributed by atoms with Crippen LogP contribution < -0.4 is 28.2 Å². The standard InChI is InChI=1S/C9H14N8O/c10-3-1-13-5(4(3)11)6-7-15-8(12)16-9(18)17(7)2-14-6/h2-5,13H,1,10-11H2,(H3,12,15,16,18)/t3-,4+,5+/m0/s1. The van der Waals surface area contributed by atoms with Gasteiger partial charge in [-0.1, -0.05) is 0 Å². The third kappa shape index (κ3) is 1.49. The fourth-order valence-electron chi connectivity index (χ4n) is 2.21. The fraction of sp³-hybridized carbons (Fsp3) is 0.444. The zero-order valence-corrected chi connectivity index (χ0v) is 9.50. The summed E-state index contributed by atoms with van der Waals surface area (Å²) in [5, 5.41) is 3.17. The Hall–Kier alpha value is -1.97. The third-order valence-corrected chi connectivity index (χ3v) is 3.20. The molecule has 0 radical (unpaired) electrons. The molecule has 96 valence electrons. The van der Waals surface area contributed by atoms with Crippen LogP contribution in [0.1, 0.15) is 11.7 Å². The van der Waals surface area contributed by atoms with Crippen LogP contribution in [0.5, 0.6) is 0 Å². The number of nitrogens with zero attached hydrogens (tertiary/aromatic N) is 3. The van der Waals surface area contributed by atoms with Gasteiger partial charge in [-0.05, 0) is 0 Å². The van der Waals surface area contributed by atoms with E-state index in [-0.39, 0.29) is 29.8 Å². The molecule has 1 fully saturated rings. The van der Waals surface area contributed by atoms with Gasteiger partial charge in [0.2, 0.25) is 5.95 Å². The molecule has 1 aliphatic heterocycles. The lowest BCUT2D eigenvalue weighted by Gasteiger charge is -2.15. The quantitative estimate of drug-likeness (QED) is 0.369. The predicted octanol–water partition coefficient (Wildman–Crippen LogP) is -2.70. The van der Waals surface area contributed by atoms with E-state index in [4.69, 9.17) is 17.2 Å². The summed E-state index contributed by atoms with van der Waals surface area (Å²) in [5.41, 5.74) is 18.0. The number of rotatable bonds is 1. The first-order chi connectivity index (χ1) is 8.58. The minimum atomic E-state index is -0.382. The van der Waals surface area contributed by atoms with Crippen molar-refractivity contribution in [2.24, 2.45) is 11.5 Å². The number of H-pyrrole nitrogens is 1. The number of imidazole rings is 1. The summed E-state index contributed by atoms with van der Waals surface area (Å²) in [6.07, 6.45) is 1.40. The number of nitrogens with one attached hydrogen (secondary N) is 2. The van der Waals surface area contributed by atoms with Crippen molar-refractivity contribution in [2.45, 2.75) is 18.1 Å². The highest BCUT2D eigenvalue weighted by Crippen LogP contribution is 2.22. The molecule has 9 heteroatoms. The van der Waals surface area contributed by atoms with Crippen molar-refractivity contribution < 1.29 is 0 Å². The molecule has 0 unspecified atom stereocenters. The van der Waals surface area contributed by atoms with Crippen LogP contribution in [0.15, 0.2) is 11.1 Å². The Morgan fingerprint density at radius 2 is 2.22 bits per heavy atom. The smallest absolute Gasteiger partial charge is 0.335 e. The van der Waals surface area contributed by atoms with Gasteiger partial charge in [-0.3, -0.25) is 4.98 Å². The summed E-state index contributed by atoms with van der Waals surface area (Å²) in [4.78, 5) is 22.3. The number of hydrogen-bond acceptors (Lipinski definition) is 7. The molecule has 1 aliphatic rings. The molecule has 3 atom stereocenters. The normalized spacial score (nSPS) is 28.0. The molecule has 0 aromatic carbocycles. The van der Waals surface area contributed by atoms with Crippen molar-refractivity contribution in [3.05, 3.63) is 22.5 Å². The Bertz CT molecular complexity index is 646. The second-order valence-corrected chi connectivity index (χ2v) is 4.38. The van der Waals surface area contributed by atoms with Crippen molar-refractivity contribution in [3.63, 3.8) is 0 Å². The molecule has 8 N–H and O–H groups in total. The van der Waals surface area contributed by atoms with Crippen molar-refractivity contribution >= 4 is 11.6 Å². The van der Waals surface area contributed by atoms with Crippen LogP contribution in [-0.2, 0) is 0 Å². The molecule has 0 saturated carbocycles. The van der Waals surface area contributed by atoms with Crippen LogP contribution in [0.3, 0.4) is 0 Å². The van der Waals surface area contributed by atoms with Gasteiger partial charge in [0.05, 0.1) is 6.04 Å². The minimum absolute atomic E-state index is 0.0464. The van der Waals surface area contributed by atoms with Gasteiger partial charge in [0.25, 0.3) is 0 Å². The van der Waals surface area contributed by atoms with Crippen LogP contribution >= 0.6 is 0 Å². The number of aromatic amines is 1. The molecule has 0 aliphatic carbocycles. The van der Waals surface area contributed by atoms with E-state index in [9.17, 15) is 4.79 Å². The van der Waals surface area contributed by atoms with E-state index in [1.165, 1.54) is 10.7 Å². The Morgan fingerprint density at radius 3 is 2.89 bits per heavy atom. The Morgan fingerprint density at radius 1 is 1.44 bits per heavy atom. The van der Waals surface area contributed by atoms with Crippen molar-refractivity contribution in [3.8, 4) is 0 Å². The van der Waals surface area contributed by atoms with E-state index < -0.39 is 0 Å². The van der Waals surface area contributed by atoms with Crippen LogP contribution in [0.25, 0.3) is 5.65 Å². The molecule has 3 heterocycles. The van der Waals surface area contributed by atoms with Gasteiger partial charge < -0.3 is 22.5 Å². The Balaban J connectivity index is 2.16. The SMILES string of the molecule is Nc1nc2c([C@@H]3NC[C@H](N)[C@H]3N)ncn2c(=O)[nH]1. The highest BCUT2D eigenvalue weighted by Gasteiger charge is 2.34. The molecular formula is C9H14N8O. The predicted molar refractivity (Wildman–Crippen MR) is 64.7 cm³/mol. The van der Waals surface area contributed by atoms with Gasteiger partial charge in [-0.25, -0.2) is 14.2 Å². The molecule has 9 nitrogen and oxygen atoms in total. The lowest BCUT2D eigenvalue weighted by Crippen LogP contribution is -2.41. The molecule has 2 aromatic rings. The average molecular weight is 250 g/mol. The topological polar surface area (TPSA) is 153 Å². The number of nitrogen functional groups attached to an aromatic ring is 1. The number of anilines is 1. The molecule has 18 heavy (non-hydrogen) atoms. The van der Waals surface area contributed by atoms with Gasteiger partial charge in [-0.2, -0.15) is 4.98 Å². The van der Waals surface area contributed by atoms with Crippen LogP contribution in [-0.4, -0.2) is 38.0 Å². The third-order valence-electron chi connectivity index (χ3n) is 3.20. The largest absolute Gasteiger partial charge is 0.369 e. The van der Waals surface area contributed by atoms with E-state index >= 15 is 0 Å². The number of hydrogen-bond donors (Lipinski definition) is 5. The number of nitrogens with two attached hydrogens (primary N) is 3. The molecule has 0 bridgehead atoms. The zero-order valence-electron chi connectivity index (χ0n) is 9.50. The molecule has 0 spiro atoms. The maximum absolute atomic E-state index is 11.6. The van der Waals surface area contributed by atoms with E-state index in [2.05, 4.69) is 20.3 Å². The van der Waals surface area contributed by atoms with Crippen LogP contribution in [0, 0.1) is 0 Å². The summed E-state index contributed by atoms with van der Waals surface area (Å²) in [5.74, 6) is 0.0464. The first-order valence-electron chi connectivity index (χ1n) is 5.55. The highest BCUT2D eigenvalue weighted by molar-refractivity contribution is 5.48. The first-order valence-corrected chi connectivity index (χ1v) is 5.55. The van der Waals surface area contributed by atoms with Crippen molar-refractivity contribution in [2.75, 3.05) is 12.3 Å². The lowest BCUT2D eigenvalue weighted by atomic mass is 10.1. The summed E-state index contributed by atoms with van der Waals surface area (Å²) < 4.78 is 1.30. The summed E-state index contributed by atoms with van der Waals surface area (Å²) in [7, 11) is 0. The summed E-state index contributed by atoms with van der Waals surface area (Å²) in [6.45, 7) is 0.601. The van der Waals surface area contributed by atoms with E-state index in [0.717, 1.165) is 0 Å². The van der Waals surface area contributed by atoms with Crippen molar-refractivity contribution in [1.29, 1.82) is 0 Å². The highest BCUT2D eigenvalue weighted by atomic mass is 16.1. The van der Waals surface area contributed by atoms with Gasteiger partial charge in [0.15, 0.2) is 5.65 Å². The van der Waals surface area contributed by atoms with E-state index in [1.807, 2.05) is 0 Å². The molecular weight excluding hydrogens is 236 g/mol. The number of aromatic nitrogens is 4. The lowest BCUT2D eigenvalue weighted by molar-refractivity contribution is 0.536. The maximum atomic E-state index is 11.6. The molecule has 3 rings (SSSR count). The number of fused-ring (bicyclic) bond motifs is 1. The van der Waals surface area contributed by atoms with Crippen molar-refractivity contribution in [1.82, 2.24) is 24.7 Å². The zero-order chi connectivity index (χ0) is 12.9. The monoisotopic (exact) mass is 250 g/mol. The Labute approximate surface area is 101 Å². The van der Waals surface area contributed by atoms with Gasteiger partial charge in [0.1, 0.15) is 12.0 Å². The van der Waals surface area contributed by atoms with Gasteiger partial charge in [0, 0.05) is 18.6 Å². The first kappa shape index (κ1) is 11.1. The summed E-state index contributed by atoms with van der Waals surface area (Å²) in [6, 6.07) is -0.643. The molecule has 1 saturated heterocycles. The molecule has 0 amide bonds. The maximum Gasteiger partial charge on any atom is 0.335 e. The van der Waals surface area contributed by atoms with Crippen LogP contribution in [0.2, 0.25) is 0 Å². The minimum Gasteiger partial charge on any atom is -0.369 e. The van der Waals surface area contributed by atoms with Gasteiger partial charge >= 0.3 is 5.69 Å². The molecule has 2 aromatic heterocycles. The van der Waals surface area contributed by atoms with Gasteiger partial charge in [-0.15, -0.1) is 0 Å². The van der Waals surface area contributed by atoms with E-state index in [1.54, 1.807) is 0 Å². The average Bonchev–Trinajstić information content (AvgIpc) is 2.85. The Kier molecular flexibility index (Phi) is 2.33. The van der Waals surface area contributed by atoms with Crippen LogP contribution in [0.4, 0.5) is 5.95 Å².